The lowest BCUT2D eigenvalue weighted by Crippen LogP contribution is -2.12. The molecular weight excluding hydrogens is 104 g/mol. The third-order valence-corrected chi connectivity index (χ3v) is 0.701. The molecule has 0 aromatic heterocycles. The molecule has 0 fully saturated rings. The van der Waals surface area contributed by atoms with E-state index in [2.05, 4.69) is 10.2 Å². The van der Waals surface area contributed by atoms with Gasteiger partial charge in [0.2, 0.25) is 0 Å². The lowest BCUT2D eigenvalue weighted by Gasteiger charge is -2.03. The van der Waals surface area contributed by atoms with Crippen LogP contribution in [-0.2, 0) is 0 Å². The molecule has 0 saturated carbocycles. The van der Waals surface area contributed by atoms with Crippen LogP contribution in [0.4, 0.5) is 0 Å². The van der Waals surface area contributed by atoms with E-state index >= 15 is 0 Å². The van der Waals surface area contributed by atoms with Crippen molar-refractivity contribution in [3.05, 3.63) is 0 Å². The highest BCUT2D eigenvalue weighted by atomic mass is 15.5. The van der Waals surface area contributed by atoms with Gasteiger partial charge in [0, 0.05) is 13.6 Å². The molecule has 0 aromatic rings. The number of nitrogens with zero attached hydrogens (tertiary/aromatic N) is 3. The van der Waals surface area contributed by atoms with Gasteiger partial charge in [-0.2, -0.15) is 5.53 Å². The van der Waals surface area contributed by atoms with Crippen LogP contribution in [0.5, 0.6) is 0 Å². The average Bonchev–Trinajstić information content (AvgIpc) is 1.83. The fourth-order valence-electron chi connectivity index (χ4n) is 0.311. The van der Waals surface area contributed by atoms with Crippen molar-refractivity contribution in [3.8, 4) is 0 Å². The fourth-order valence-corrected chi connectivity index (χ4v) is 0.311. The highest BCUT2D eigenvalue weighted by molar-refractivity contribution is 5.53. The summed E-state index contributed by atoms with van der Waals surface area (Å²) in [5.74, 6) is 0. The summed E-state index contributed by atoms with van der Waals surface area (Å²) in [5.41, 5.74) is 6.52. The van der Waals surface area contributed by atoms with Crippen molar-refractivity contribution < 1.29 is 0 Å². The van der Waals surface area contributed by atoms with E-state index in [-0.39, 0.29) is 0 Å². The Bertz CT molecular complexity index is 88.0. The van der Waals surface area contributed by atoms with Crippen molar-refractivity contribution in [3.63, 3.8) is 0 Å². The third-order valence-electron chi connectivity index (χ3n) is 0.701. The molecule has 46 valence electrons. The van der Waals surface area contributed by atoms with E-state index in [9.17, 15) is 0 Å². The van der Waals surface area contributed by atoms with Crippen LogP contribution >= 0.6 is 0 Å². The number of hydrogen-bond donors (Lipinski definition) is 1. The molecule has 4 heteroatoms. The van der Waals surface area contributed by atoms with Gasteiger partial charge >= 0.3 is 0 Å². The summed E-state index contributed by atoms with van der Waals surface area (Å²) < 4.78 is 0. The molecule has 4 nitrogen and oxygen atoms in total. The number of nitrogens with one attached hydrogen (secondary N) is 1. The van der Waals surface area contributed by atoms with Gasteiger partial charge in [0.15, 0.2) is 0 Å². The number of rotatable bonds is 3. The number of aliphatic imine (C=N–C) groups is 1. The second-order valence-corrected chi connectivity index (χ2v) is 1.23. The van der Waals surface area contributed by atoms with Crippen molar-refractivity contribution in [2.24, 2.45) is 10.2 Å². The maximum atomic E-state index is 6.52. The Morgan fingerprint density at radius 2 is 2.38 bits per heavy atom. The summed E-state index contributed by atoms with van der Waals surface area (Å²) in [4.78, 5) is 3.66. The largest absolute Gasteiger partial charge is 0.277 e. The average molecular weight is 114 g/mol. The van der Waals surface area contributed by atoms with Gasteiger partial charge in [-0.3, -0.25) is 4.99 Å². The van der Waals surface area contributed by atoms with Gasteiger partial charge in [0.25, 0.3) is 0 Å². The maximum absolute atomic E-state index is 6.52. The summed E-state index contributed by atoms with van der Waals surface area (Å²) >= 11 is 0. The van der Waals surface area contributed by atoms with Crippen LogP contribution in [0.2, 0.25) is 0 Å². The Kier molecular flexibility index (Phi) is 3.74. The van der Waals surface area contributed by atoms with Crippen molar-refractivity contribution in [1.82, 2.24) is 5.01 Å². The molecule has 0 spiro atoms. The summed E-state index contributed by atoms with van der Waals surface area (Å²) in [6, 6.07) is 0. The molecule has 1 N–H and O–H groups in total. The second kappa shape index (κ2) is 4.23. The van der Waals surface area contributed by atoms with Crippen LogP contribution in [-0.4, -0.2) is 24.9 Å². The first-order valence-corrected chi connectivity index (χ1v) is 2.41. The molecule has 0 bridgehead atoms. The van der Waals surface area contributed by atoms with Crippen LogP contribution in [0, 0.1) is 5.53 Å². The minimum Gasteiger partial charge on any atom is -0.277 e. The molecule has 0 heterocycles. The summed E-state index contributed by atoms with van der Waals surface area (Å²) in [6.45, 7) is 2.60. The Morgan fingerprint density at radius 3 is 2.50 bits per heavy atom. The molecule has 0 atom stereocenters. The van der Waals surface area contributed by atoms with Gasteiger partial charge in [0.1, 0.15) is 6.34 Å². The van der Waals surface area contributed by atoms with E-state index in [0.717, 1.165) is 0 Å². The quantitative estimate of drug-likeness (QED) is 0.252. The van der Waals surface area contributed by atoms with Gasteiger partial charge in [-0.15, -0.1) is 0 Å². The van der Waals surface area contributed by atoms with Gasteiger partial charge in [-0.25, -0.2) is 5.01 Å². The lowest BCUT2D eigenvalue weighted by atomic mass is 10.7. The Hall–Kier alpha value is -0.930. The summed E-state index contributed by atoms with van der Waals surface area (Å²) in [6.07, 6.45) is 1.51. The molecule has 0 aromatic carbocycles. The van der Waals surface area contributed by atoms with Crippen LogP contribution < -0.4 is 0 Å². The fraction of sp³-hybridized carbons (Fsp3) is 0.750. The van der Waals surface area contributed by atoms with Crippen LogP contribution in [0.15, 0.2) is 10.2 Å². The van der Waals surface area contributed by atoms with Gasteiger partial charge in [-0.05, 0) is 6.92 Å². The monoisotopic (exact) mass is 114 g/mol. The zero-order valence-electron chi connectivity index (χ0n) is 5.13. The molecule has 0 aliphatic rings. The van der Waals surface area contributed by atoms with Crippen LogP contribution in [0.1, 0.15) is 6.92 Å². The lowest BCUT2D eigenvalue weighted by molar-refractivity contribution is 0.438. The van der Waals surface area contributed by atoms with Gasteiger partial charge in [0.05, 0.1) is 0 Å². The Balaban J connectivity index is 3.52. The number of hydrogen-bond acceptors (Lipinski definition) is 3. The molecule has 0 radical (unpaired) electrons. The standard InChI is InChI=1S/C4H10N4/c1-3-8(7-5)4-6-2/h4-5H,3H2,1-2H3/b6-4-,7-5?. The first kappa shape index (κ1) is 7.07. The molecule has 0 amide bonds. The Morgan fingerprint density at radius 1 is 1.75 bits per heavy atom. The highest BCUT2D eigenvalue weighted by Gasteiger charge is 1.85. The smallest absolute Gasteiger partial charge is 0.107 e. The maximum Gasteiger partial charge on any atom is 0.107 e. The van der Waals surface area contributed by atoms with Gasteiger partial charge < -0.3 is 0 Å². The SMILES string of the molecule is CCN(/C=N\C)N=N. The molecule has 0 aliphatic heterocycles. The molecule has 0 unspecified atom stereocenters. The minimum atomic E-state index is 0.695. The minimum absolute atomic E-state index is 0.695. The summed E-state index contributed by atoms with van der Waals surface area (Å²) in [7, 11) is 1.65. The van der Waals surface area contributed by atoms with Crippen molar-refractivity contribution in [1.29, 1.82) is 5.53 Å². The van der Waals surface area contributed by atoms with E-state index in [1.165, 1.54) is 11.3 Å². The third kappa shape index (κ3) is 2.28. The molecule has 8 heavy (non-hydrogen) atoms. The van der Waals surface area contributed by atoms with E-state index in [4.69, 9.17) is 5.53 Å². The van der Waals surface area contributed by atoms with E-state index in [1.807, 2.05) is 6.92 Å². The second-order valence-electron chi connectivity index (χ2n) is 1.23. The van der Waals surface area contributed by atoms with Crippen molar-refractivity contribution >= 4 is 6.34 Å². The first-order valence-electron chi connectivity index (χ1n) is 2.41. The van der Waals surface area contributed by atoms with E-state index < -0.39 is 0 Å². The topological polar surface area (TPSA) is 51.8 Å². The Labute approximate surface area is 48.7 Å². The summed E-state index contributed by atoms with van der Waals surface area (Å²) in [5, 5.41) is 4.56. The molecule has 0 aliphatic carbocycles. The predicted molar refractivity (Wildman–Crippen MR) is 31.9 cm³/mol. The zero-order valence-corrected chi connectivity index (χ0v) is 5.13. The van der Waals surface area contributed by atoms with E-state index in [1.54, 1.807) is 7.05 Å². The van der Waals surface area contributed by atoms with Crippen molar-refractivity contribution in [2.75, 3.05) is 13.6 Å². The molecular formula is C4H10N4. The zero-order chi connectivity index (χ0) is 6.41. The predicted octanol–water partition coefficient (Wildman–Crippen LogP) is 0.912. The van der Waals surface area contributed by atoms with Gasteiger partial charge in [-0.1, -0.05) is 5.22 Å². The van der Waals surface area contributed by atoms with Crippen molar-refractivity contribution in [2.45, 2.75) is 6.92 Å². The highest BCUT2D eigenvalue weighted by Crippen LogP contribution is 1.79. The first-order chi connectivity index (χ1) is 3.85. The van der Waals surface area contributed by atoms with Crippen LogP contribution in [0.3, 0.4) is 0 Å². The normalized spacial score (nSPS) is 9.75. The molecule has 0 saturated heterocycles. The van der Waals surface area contributed by atoms with E-state index in [0.29, 0.717) is 6.54 Å². The molecule has 0 rings (SSSR count). The van der Waals surface area contributed by atoms with Crippen LogP contribution in [0.25, 0.3) is 0 Å².